The lowest BCUT2D eigenvalue weighted by Gasteiger charge is -2.21. The third kappa shape index (κ3) is 2.44. The fourth-order valence-electron chi connectivity index (χ4n) is 1.48. The van der Waals surface area contributed by atoms with Crippen LogP contribution in [-0.4, -0.2) is 30.2 Å². The molecule has 0 aliphatic carbocycles. The molecule has 0 fully saturated rings. The van der Waals surface area contributed by atoms with Gasteiger partial charge in [-0.3, -0.25) is 0 Å². The number of para-hydroxylation sites is 2. The van der Waals surface area contributed by atoms with Gasteiger partial charge in [-0.15, -0.1) is 0 Å². The highest BCUT2D eigenvalue weighted by molar-refractivity contribution is 9.09. The minimum atomic E-state index is -0.276. The molecular formula is C11H14BrNO2. The van der Waals surface area contributed by atoms with Crippen LogP contribution in [0.15, 0.2) is 24.3 Å². The first-order valence-corrected chi connectivity index (χ1v) is 6.12. The predicted octanol–water partition coefficient (Wildman–Crippen LogP) is 2.46. The molecule has 0 atom stereocenters. The van der Waals surface area contributed by atoms with Crippen LogP contribution in [0.5, 0.6) is 11.5 Å². The van der Waals surface area contributed by atoms with Crippen molar-refractivity contribution >= 4 is 15.9 Å². The molecule has 2 rings (SSSR count). The van der Waals surface area contributed by atoms with Gasteiger partial charge in [0, 0.05) is 11.9 Å². The Morgan fingerprint density at radius 3 is 2.40 bits per heavy atom. The maximum absolute atomic E-state index is 5.65. The molecule has 1 aromatic carbocycles. The van der Waals surface area contributed by atoms with Gasteiger partial charge in [-0.2, -0.15) is 0 Å². The quantitative estimate of drug-likeness (QED) is 0.786. The average Bonchev–Trinajstić information content (AvgIpc) is 2.69. The molecule has 0 spiro atoms. The lowest BCUT2D eigenvalue weighted by atomic mass is 10.3. The van der Waals surface area contributed by atoms with E-state index in [1.54, 1.807) is 0 Å². The van der Waals surface area contributed by atoms with Gasteiger partial charge in [0.25, 0.3) is 0 Å². The van der Waals surface area contributed by atoms with E-state index in [9.17, 15) is 0 Å². The van der Waals surface area contributed by atoms with E-state index >= 15 is 0 Å². The van der Waals surface area contributed by atoms with Crippen LogP contribution < -0.4 is 9.47 Å². The van der Waals surface area contributed by atoms with Crippen LogP contribution in [0.4, 0.5) is 0 Å². The number of alkyl halides is 1. The summed E-state index contributed by atoms with van der Waals surface area (Å²) in [7, 11) is 2.00. The second-order valence-electron chi connectivity index (χ2n) is 3.51. The molecule has 3 nitrogen and oxygen atoms in total. The molecule has 0 saturated carbocycles. The SMILES string of the molecule is CN(CCCBr)C1Oc2ccccc2O1. The maximum Gasteiger partial charge on any atom is 0.304 e. The van der Waals surface area contributed by atoms with Crippen molar-refractivity contribution in [3.63, 3.8) is 0 Å². The van der Waals surface area contributed by atoms with Gasteiger partial charge in [-0.25, -0.2) is 4.90 Å². The summed E-state index contributed by atoms with van der Waals surface area (Å²) < 4.78 is 11.3. The van der Waals surface area contributed by atoms with Crippen LogP contribution in [-0.2, 0) is 0 Å². The molecule has 0 N–H and O–H groups in total. The van der Waals surface area contributed by atoms with Crippen LogP contribution >= 0.6 is 15.9 Å². The zero-order valence-electron chi connectivity index (χ0n) is 8.65. The summed E-state index contributed by atoms with van der Waals surface area (Å²) in [4.78, 5) is 2.06. The van der Waals surface area contributed by atoms with Crippen LogP contribution in [0.1, 0.15) is 6.42 Å². The summed E-state index contributed by atoms with van der Waals surface area (Å²) in [6.45, 7) is 0.948. The Morgan fingerprint density at radius 1 is 1.27 bits per heavy atom. The second-order valence-corrected chi connectivity index (χ2v) is 4.31. The van der Waals surface area contributed by atoms with Gasteiger partial charge in [-0.05, 0) is 25.6 Å². The zero-order valence-corrected chi connectivity index (χ0v) is 10.2. The molecule has 1 aromatic rings. The van der Waals surface area contributed by atoms with Crippen molar-refractivity contribution in [1.82, 2.24) is 4.90 Å². The highest BCUT2D eigenvalue weighted by Crippen LogP contribution is 2.34. The third-order valence-electron chi connectivity index (χ3n) is 2.31. The number of halogens is 1. The monoisotopic (exact) mass is 271 g/mol. The highest BCUT2D eigenvalue weighted by atomic mass is 79.9. The lowest BCUT2D eigenvalue weighted by molar-refractivity contribution is -0.0740. The molecule has 1 aliphatic rings. The van der Waals surface area contributed by atoms with Crippen molar-refractivity contribution in [2.45, 2.75) is 12.8 Å². The number of ether oxygens (including phenoxy) is 2. The number of fused-ring (bicyclic) bond motifs is 1. The molecule has 0 saturated heterocycles. The summed E-state index contributed by atoms with van der Waals surface area (Å²) >= 11 is 3.41. The summed E-state index contributed by atoms with van der Waals surface area (Å²) in [5.41, 5.74) is 0. The van der Waals surface area contributed by atoms with Gasteiger partial charge in [-0.1, -0.05) is 28.1 Å². The molecule has 82 valence electrons. The normalized spacial score (nSPS) is 14.9. The van der Waals surface area contributed by atoms with Crippen molar-refractivity contribution in [3.05, 3.63) is 24.3 Å². The largest absolute Gasteiger partial charge is 0.438 e. The average molecular weight is 272 g/mol. The fraction of sp³-hybridized carbons (Fsp3) is 0.455. The molecule has 0 radical (unpaired) electrons. The van der Waals surface area contributed by atoms with Gasteiger partial charge in [0.1, 0.15) is 0 Å². The molecule has 1 heterocycles. The van der Waals surface area contributed by atoms with Crippen molar-refractivity contribution < 1.29 is 9.47 Å². The Labute approximate surface area is 98.1 Å². The molecular weight excluding hydrogens is 258 g/mol. The molecule has 0 aromatic heterocycles. The number of hydrogen-bond acceptors (Lipinski definition) is 3. The number of nitrogens with zero attached hydrogens (tertiary/aromatic N) is 1. The van der Waals surface area contributed by atoms with Crippen molar-refractivity contribution in [2.24, 2.45) is 0 Å². The molecule has 1 aliphatic heterocycles. The third-order valence-corrected chi connectivity index (χ3v) is 2.87. The first kappa shape index (κ1) is 10.8. The summed E-state index contributed by atoms with van der Waals surface area (Å²) in [6, 6.07) is 7.74. The van der Waals surface area contributed by atoms with Gasteiger partial charge >= 0.3 is 6.41 Å². The topological polar surface area (TPSA) is 21.7 Å². The smallest absolute Gasteiger partial charge is 0.304 e. The molecule has 4 heteroatoms. The van der Waals surface area contributed by atoms with Gasteiger partial charge in [0.2, 0.25) is 0 Å². The standard InChI is InChI=1S/C11H14BrNO2/c1-13(8-4-7-12)11-14-9-5-2-3-6-10(9)15-11/h2-3,5-6,11H,4,7-8H2,1H3. The highest BCUT2D eigenvalue weighted by Gasteiger charge is 2.26. The van der Waals surface area contributed by atoms with E-state index in [4.69, 9.17) is 9.47 Å². The first-order chi connectivity index (χ1) is 7.31. The zero-order chi connectivity index (χ0) is 10.7. The van der Waals surface area contributed by atoms with E-state index in [0.717, 1.165) is 29.8 Å². The van der Waals surface area contributed by atoms with Crippen LogP contribution in [0.2, 0.25) is 0 Å². The van der Waals surface area contributed by atoms with Crippen molar-refractivity contribution in [1.29, 1.82) is 0 Å². The molecule has 15 heavy (non-hydrogen) atoms. The van der Waals surface area contributed by atoms with E-state index in [2.05, 4.69) is 20.8 Å². The van der Waals surface area contributed by atoms with Gasteiger partial charge in [0.15, 0.2) is 11.5 Å². The Hall–Kier alpha value is -0.740. The minimum Gasteiger partial charge on any atom is -0.438 e. The van der Waals surface area contributed by atoms with Crippen LogP contribution in [0.3, 0.4) is 0 Å². The van der Waals surface area contributed by atoms with E-state index < -0.39 is 0 Å². The second kappa shape index (κ2) is 4.86. The van der Waals surface area contributed by atoms with Crippen molar-refractivity contribution in [3.8, 4) is 11.5 Å². The maximum atomic E-state index is 5.65. The van der Waals surface area contributed by atoms with E-state index in [1.165, 1.54) is 0 Å². The molecule has 0 amide bonds. The number of rotatable bonds is 4. The Bertz CT molecular complexity index is 307. The summed E-state index contributed by atoms with van der Waals surface area (Å²) in [6.07, 6.45) is 0.803. The predicted molar refractivity (Wildman–Crippen MR) is 62.5 cm³/mol. The van der Waals surface area contributed by atoms with Gasteiger partial charge < -0.3 is 9.47 Å². The number of benzene rings is 1. The molecule has 0 bridgehead atoms. The minimum absolute atomic E-state index is 0.276. The van der Waals surface area contributed by atoms with E-state index in [-0.39, 0.29) is 6.41 Å². The summed E-state index contributed by atoms with van der Waals surface area (Å²) in [5, 5.41) is 0.997. The lowest BCUT2D eigenvalue weighted by Crippen LogP contribution is -2.38. The van der Waals surface area contributed by atoms with Crippen LogP contribution in [0.25, 0.3) is 0 Å². The van der Waals surface area contributed by atoms with Crippen LogP contribution in [0, 0.1) is 0 Å². The number of hydrogen-bond donors (Lipinski definition) is 0. The summed E-state index contributed by atoms with van der Waals surface area (Å²) in [5.74, 6) is 1.65. The van der Waals surface area contributed by atoms with Crippen molar-refractivity contribution in [2.75, 3.05) is 18.9 Å². The van der Waals surface area contributed by atoms with E-state index in [1.807, 2.05) is 31.3 Å². The molecule has 0 unspecified atom stereocenters. The Morgan fingerprint density at radius 2 is 1.87 bits per heavy atom. The van der Waals surface area contributed by atoms with Gasteiger partial charge in [0.05, 0.1) is 0 Å². The van der Waals surface area contributed by atoms with E-state index in [0.29, 0.717) is 0 Å². The fourth-order valence-corrected chi connectivity index (χ4v) is 1.73. The Kier molecular flexibility index (Phi) is 3.49. The first-order valence-electron chi connectivity index (χ1n) is 5.00. The Balaban J connectivity index is 1.94.